The number of carbonyl (C=O) groups excluding carboxylic acids is 1. The lowest BCUT2D eigenvalue weighted by Gasteiger charge is -2.13. The summed E-state index contributed by atoms with van der Waals surface area (Å²) in [7, 11) is -3.99. The van der Waals surface area contributed by atoms with Gasteiger partial charge >= 0.3 is 0 Å². The highest BCUT2D eigenvalue weighted by Crippen LogP contribution is 2.25. The van der Waals surface area contributed by atoms with Gasteiger partial charge in [-0.3, -0.25) is 4.79 Å². The van der Waals surface area contributed by atoms with E-state index < -0.39 is 15.9 Å². The monoisotopic (exact) mass is 597 g/mol. The van der Waals surface area contributed by atoms with Gasteiger partial charge in [0.15, 0.2) is 0 Å². The molecule has 220 valence electrons. The number of carbonyl (C=O) groups is 1. The van der Waals surface area contributed by atoms with E-state index in [1.807, 2.05) is 47.9 Å². The Bertz CT molecular complexity index is 1450. The number of hydrogen-bond donors (Lipinski definition) is 1. The number of aryl methyl sites for hydroxylation is 1. The maximum absolute atomic E-state index is 13.2. The van der Waals surface area contributed by atoms with Crippen LogP contribution in [0.5, 0.6) is 5.75 Å². The molecule has 3 aromatic rings. The molecule has 7 nitrogen and oxygen atoms in total. The van der Waals surface area contributed by atoms with E-state index in [1.165, 1.54) is 6.08 Å². The molecule has 0 aliphatic carbocycles. The molecule has 1 aromatic heterocycles. The summed E-state index contributed by atoms with van der Waals surface area (Å²) < 4.78 is 35.4. The molecule has 0 aliphatic heterocycles. The molecule has 3 rings (SSSR count). The van der Waals surface area contributed by atoms with Crippen LogP contribution in [0.25, 0.3) is 12.2 Å². The molecule has 0 unspecified atom stereocenters. The van der Waals surface area contributed by atoms with Gasteiger partial charge in [-0.1, -0.05) is 87.5 Å². The molecule has 1 N–H and O–H groups in total. The van der Waals surface area contributed by atoms with Gasteiger partial charge in [-0.25, -0.2) is 18.1 Å². The van der Waals surface area contributed by atoms with E-state index in [2.05, 4.69) is 23.6 Å². The van der Waals surface area contributed by atoms with Gasteiger partial charge < -0.3 is 9.30 Å². The van der Waals surface area contributed by atoms with Gasteiger partial charge in [0.1, 0.15) is 11.6 Å². The van der Waals surface area contributed by atoms with Gasteiger partial charge in [0.05, 0.1) is 30.5 Å². The number of rotatable bonds is 16. The van der Waals surface area contributed by atoms with Crippen molar-refractivity contribution in [1.29, 1.82) is 0 Å². The molecule has 0 saturated carbocycles. The fraction of sp³-hybridized carbons (Fsp3) is 0.375. The Morgan fingerprint density at radius 2 is 1.78 bits per heavy atom. The van der Waals surface area contributed by atoms with E-state index in [9.17, 15) is 13.2 Å². The topological polar surface area (TPSA) is 90.3 Å². The van der Waals surface area contributed by atoms with Crippen LogP contribution in [0, 0.1) is 6.92 Å². The molecule has 9 heteroatoms. The van der Waals surface area contributed by atoms with Gasteiger partial charge in [0.2, 0.25) is 0 Å². The van der Waals surface area contributed by atoms with Crippen molar-refractivity contribution in [3.05, 3.63) is 93.4 Å². The smallest absolute Gasteiger partial charge is 0.260 e. The number of halogens is 1. The van der Waals surface area contributed by atoms with Gasteiger partial charge in [-0.15, -0.1) is 0 Å². The molecular formula is C32H40ClN3O4S. The number of nitrogens with one attached hydrogen (secondary N) is 1. The highest BCUT2D eigenvalue weighted by atomic mass is 35.5. The van der Waals surface area contributed by atoms with Crippen molar-refractivity contribution in [3.8, 4) is 5.75 Å². The summed E-state index contributed by atoms with van der Waals surface area (Å²) in [4.78, 5) is 17.7. The normalized spacial score (nSPS) is 12.1. The highest BCUT2D eigenvalue weighted by Gasteiger charge is 2.18. The highest BCUT2D eigenvalue weighted by molar-refractivity contribution is 7.93. The Labute approximate surface area is 249 Å². The first-order valence-corrected chi connectivity index (χ1v) is 16.1. The summed E-state index contributed by atoms with van der Waals surface area (Å²) in [5.41, 5.74) is 2.67. The van der Waals surface area contributed by atoms with Crippen LogP contribution in [0.1, 0.15) is 81.4 Å². The van der Waals surface area contributed by atoms with Crippen LogP contribution in [0.2, 0.25) is 5.02 Å². The van der Waals surface area contributed by atoms with Gasteiger partial charge in [0, 0.05) is 10.6 Å². The lowest BCUT2D eigenvalue weighted by molar-refractivity contribution is -0.115. The molecule has 0 aliphatic rings. The molecule has 0 fully saturated rings. The minimum Gasteiger partial charge on any atom is -0.494 e. The van der Waals surface area contributed by atoms with E-state index in [-0.39, 0.29) is 0 Å². The summed E-state index contributed by atoms with van der Waals surface area (Å²) >= 11 is 6.61. The second-order valence-corrected chi connectivity index (χ2v) is 11.9. The van der Waals surface area contributed by atoms with Crippen molar-refractivity contribution in [2.45, 2.75) is 72.3 Å². The van der Waals surface area contributed by atoms with E-state index in [1.54, 1.807) is 24.4 Å². The Morgan fingerprint density at radius 3 is 2.49 bits per heavy atom. The standard InChI is InChI=1S/C32H40ClN3O4S/c1-4-6-9-15-27(32(37)35-41(38,39)20-18-26-13-10-8-11-14-26)21-29-23-34-25(3)36(29)24-28-16-17-30(22-31(28)33)40-19-12-7-5-2/h8,10-11,13-14,16-18,20-23H,4-7,9,12,15,19,24H2,1-3H3,(H,35,37)/b20-18+,27-21+. The second kappa shape index (κ2) is 16.2. The fourth-order valence-corrected chi connectivity index (χ4v) is 5.25. The molecule has 0 atom stereocenters. The van der Waals surface area contributed by atoms with E-state index in [4.69, 9.17) is 16.3 Å². The minimum atomic E-state index is -3.99. The molecule has 1 amide bonds. The van der Waals surface area contributed by atoms with E-state index in [0.717, 1.165) is 66.6 Å². The average Bonchev–Trinajstić information content (AvgIpc) is 3.29. The average molecular weight is 598 g/mol. The number of sulfonamides is 1. The fourth-order valence-electron chi connectivity index (χ4n) is 4.22. The van der Waals surface area contributed by atoms with Crippen LogP contribution < -0.4 is 9.46 Å². The van der Waals surface area contributed by atoms with Crippen molar-refractivity contribution in [1.82, 2.24) is 14.3 Å². The molecule has 2 aromatic carbocycles. The summed E-state index contributed by atoms with van der Waals surface area (Å²) in [5.74, 6) is 0.834. The molecular weight excluding hydrogens is 558 g/mol. The maximum atomic E-state index is 13.2. The van der Waals surface area contributed by atoms with Crippen LogP contribution in [-0.2, 0) is 21.4 Å². The summed E-state index contributed by atoms with van der Waals surface area (Å²) in [6, 6.07) is 14.7. The summed E-state index contributed by atoms with van der Waals surface area (Å²) in [5, 5.41) is 1.59. The Hall–Kier alpha value is -3.36. The third-order valence-electron chi connectivity index (χ3n) is 6.59. The number of nitrogens with zero attached hydrogens (tertiary/aromatic N) is 2. The number of amides is 1. The lowest BCUT2D eigenvalue weighted by Crippen LogP contribution is -2.30. The molecule has 0 bridgehead atoms. The molecule has 1 heterocycles. The number of hydrogen-bond acceptors (Lipinski definition) is 5. The SMILES string of the molecule is CCCCCOc1ccc(Cn2c(/C=C(\CCCCC)C(=O)NS(=O)(=O)/C=C/c3ccccc3)cnc2C)c(Cl)c1. The van der Waals surface area contributed by atoms with Crippen molar-refractivity contribution in [2.24, 2.45) is 0 Å². The van der Waals surface area contributed by atoms with Crippen molar-refractivity contribution in [3.63, 3.8) is 0 Å². The predicted octanol–water partition coefficient (Wildman–Crippen LogP) is 7.54. The molecule has 41 heavy (non-hydrogen) atoms. The van der Waals surface area contributed by atoms with Crippen LogP contribution in [0.15, 0.2) is 65.7 Å². The van der Waals surface area contributed by atoms with Crippen LogP contribution in [-0.4, -0.2) is 30.5 Å². The number of benzene rings is 2. The van der Waals surface area contributed by atoms with Crippen LogP contribution >= 0.6 is 11.6 Å². The van der Waals surface area contributed by atoms with Gasteiger partial charge in [0.25, 0.3) is 15.9 Å². The summed E-state index contributed by atoms with van der Waals surface area (Å²) in [6.07, 6.45) is 11.2. The lowest BCUT2D eigenvalue weighted by atomic mass is 10.1. The Balaban J connectivity index is 1.81. The Morgan fingerprint density at radius 1 is 1.05 bits per heavy atom. The third-order valence-corrected chi connectivity index (χ3v) is 7.91. The van der Waals surface area contributed by atoms with E-state index >= 15 is 0 Å². The zero-order valence-electron chi connectivity index (χ0n) is 24.1. The molecule has 0 spiro atoms. The van der Waals surface area contributed by atoms with Gasteiger partial charge in [-0.05, 0) is 61.6 Å². The molecule has 0 saturated heterocycles. The Kier molecular flexibility index (Phi) is 12.7. The number of imidazole rings is 1. The largest absolute Gasteiger partial charge is 0.494 e. The first-order valence-electron chi connectivity index (χ1n) is 14.2. The second-order valence-electron chi connectivity index (χ2n) is 9.94. The zero-order chi connectivity index (χ0) is 29.7. The minimum absolute atomic E-state index is 0.373. The quantitative estimate of drug-likeness (QED) is 0.136. The van der Waals surface area contributed by atoms with Crippen LogP contribution in [0.4, 0.5) is 0 Å². The number of unbranched alkanes of at least 4 members (excludes halogenated alkanes) is 4. The van der Waals surface area contributed by atoms with Crippen molar-refractivity contribution >= 4 is 39.7 Å². The van der Waals surface area contributed by atoms with Crippen LogP contribution in [0.3, 0.4) is 0 Å². The van der Waals surface area contributed by atoms with Crippen molar-refractivity contribution in [2.75, 3.05) is 6.61 Å². The first kappa shape index (κ1) is 32.2. The summed E-state index contributed by atoms with van der Waals surface area (Å²) in [6.45, 7) is 7.20. The van der Waals surface area contributed by atoms with E-state index in [0.29, 0.717) is 35.9 Å². The third kappa shape index (κ3) is 10.5. The zero-order valence-corrected chi connectivity index (χ0v) is 25.7. The van der Waals surface area contributed by atoms with Gasteiger partial charge in [-0.2, -0.15) is 0 Å². The number of ether oxygens (including phenoxy) is 1. The van der Waals surface area contributed by atoms with Crippen molar-refractivity contribution < 1.29 is 17.9 Å². The molecule has 0 radical (unpaired) electrons. The first-order chi connectivity index (χ1) is 19.7. The predicted molar refractivity (Wildman–Crippen MR) is 167 cm³/mol. The maximum Gasteiger partial charge on any atom is 0.260 e. The number of aromatic nitrogens is 2.